The zero-order valence-corrected chi connectivity index (χ0v) is 10.9. The lowest BCUT2D eigenvalue weighted by Crippen LogP contribution is -2.00. The van der Waals surface area contributed by atoms with Crippen molar-refractivity contribution >= 4 is 29.2 Å². The second kappa shape index (κ2) is 5.89. The zero-order chi connectivity index (χ0) is 12.1. The molecular formula is C12H12ClN3S. The van der Waals surface area contributed by atoms with Crippen molar-refractivity contribution in [2.45, 2.75) is 16.8 Å². The molecule has 2 aromatic rings. The first-order chi connectivity index (χ1) is 8.29. The summed E-state index contributed by atoms with van der Waals surface area (Å²) < 4.78 is 0. The molecule has 0 spiro atoms. The number of benzene rings is 1. The first-order valence-corrected chi connectivity index (χ1v) is 6.47. The Kier molecular flexibility index (Phi) is 4.23. The van der Waals surface area contributed by atoms with Crippen molar-refractivity contribution in [1.29, 1.82) is 0 Å². The molecule has 1 aromatic heterocycles. The van der Waals surface area contributed by atoms with Crippen LogP contribution in [0.5, 0.6) is 0 Å². The van der Waals surface area contributed by atoms with E-state index in [1.807, 2.05) is 31.2 Å². The molecule has 0 aliphatic heterocycles. The molecule has 17 heavy (non-hydrogen) atoms. The minimum absolute atomic E-state index is 0.730. The molecule has 0 bridgehead atoms. The van der Waals surface area contributed by atoms with Gasteiger partial charge in [-0.3, -0.25) is 4.98 Å². The molecule has 88 valence electrons. The lowest BCUT2D eigenvalue weighted by Gasteiger charge is -2.05. The van der Waals surface area contributed by atoms with Crippen LogP contribution in [0, 0.1) is 0 Å². The van der Waals surface area contributed by atoms with Crippen LogP contribution in [0.4, 0.5) is 5.82 Å². The zero-order valence-electron chi connectivity index (χ0n) is 9.35. The van der Waals surface area contributed by atoms with Gasteiger partial charge in [-0.15, -0.1) is 0 Å². The summed E-state index contributed by atoms with van der Waals surface area (Å²) in [5, 5.41) is 4.69. The van der Waals surface area contributed by atoms with E-state index in [9.17, 15) is 0 Å². The van der Waals surface area contributed by atoms with E-state index in [4.69, 9.17) is 11.6 Å². The van der Waals surface area contributed by atoms with Gasteiger partial charge in [-0.25, -0.2) is 4.98 Å². The summed E-state index contributed by atoms with van der Waals surface area (Å²) in [4.78, 5) is 9.55. The van der Waals surface area contributed by atoms with Crippen molar-refractivity contribution in [2.24, 2.45) is 0 Å². The van der Waals surface area contributed by atoms with Gasteiger partial charge in [0.05, 0.1) is 17.4 Å². The summed E-state index contributed by atoms with van der Waals surface area (Å²) in [6.45, 7) is 2.85. The average molecular weight is 266 g/mol. The highest BCUT2D eigenvalue weighted by atomic mass is 35.5. The second-order valence-electron chi connectivity index (χ2n) is 3.31. The van der Waals surface area contributed by atoms with Crippen molar-refractivity contribution in [1.82, 2.24) is 9.97 Å². The Bertz CT molecular complexity index is 505. The van der Waals surface area contributed by atoms with E-state index in [1.165, 1.54) is 11.8 Å². The molecule has 1 N–H and O–H groups in total. The van der Waals surface area contributed by atoms with E-state index >= 15 is 0 Å². The van der Waals surface area contributed by atoms with Gasteiger partial charge in [-0.2, -0.15) is 0 Å². The third-order valence-electron chi connectivity index (χ3n) is 2.02. The predicted octanol–water partition coefficient (Wildman–Crippen LogP) is 3.71. The van der Waals surface area contributed by atoms with E-state index in [-0.39, 0.29) is 0 Å². The van der Waals surface area contributed by atoms with Gasteiger partial charge < -0.3 is 5.32 Å². The molecular weight excluding hydrogens is 254 g/mol. The summed E-state index contributed by atoms with van der Waals surface area (Å²) in [7, 11) is 0. The predicted molar refractivity (Wildman–Crippen MR) is 71.8 cm³/mol. The fourth-order valence-electron chi connectivity index (χ4n) is 1.30. The molecule has 0 saturated heterocycles. The number of nitrogens with zero attached hydrogens (tertiary/aromatic N) is 2. The van der Waals surface area contributed by atoms with Gasteiger partial charge >= 0.3 is 0 Å². The Labute approximate surface area is 110 Å². The largest absolute Gasteiger partial charge is 0.369 e. The maximum atomic E-state index is 6.09. The molecule has 0 aliphatic carbocycles. The van der Waals surface area contributed by atoms with Crippen LogP contribution in [-0.4, -0.2) is 16.5 Å². The van der Waals surface area contributed by atoms with Crippen LogP contribution >= 0.6 is 23.4 Å². The molecule has 1 heterocycles. The van der Waals surface area contributed by atoms with Gasteiger partial charge in [0.15, 0.2) is 0 Å². The Morgan fingerprint density at radius 3 is 2.88 bits per heavy atom. The van der Waals surface area contributed by atoms with Gasteiger partial charge in [0.25, 0.3) is 0 Å². The van der Waals surface area contributed by atoms with Crippen LogP contribution in [0.25, 0.3) is 0 Å². The second-order valence-corrected chi connectivity index (χ2v) is 4.77. The Morgan fingerprint density at radius 2 is 2.12 bits per heavy atom. The highest BCUT2D eigenvalue weighted by molar-refractivity contribution is 7.99. The van der Waals surface area contributed by atoms with Gasteiger partial charge in [-0.05, 0) is 19.1 Å². The molecule has 0 unspecified atom stereocenters. The minimum Gasteiger partial charge on any atom is -0.369 e. The first kappa shape index (κ1) is 12.2. The highest BCUT2D eigenvalue weighted by Gasteiger charge is 2.04. The fraction of sp³-hybridized carbons (Fsp3) is 0.167. The normalized spacial score (nSPS) is 10.2. The summed E-state index contributed by atoms with van der Waals surface area (Å²) in [5.74, 6) is 0.782. The van der Waals surface area contributed by atoms with Crippen molar-refractivity contribution in [3.63, 3.8) is 0 Å². The Balaban J connectivity index is 2.18. The molecule has 2 rings (SSSR count). The Morgan fingerprint density at radius 1 is 1.29 bits per heavy atom. The monoisotopic (exact) mass is 265 g/mol. The number of rotatable bonds is 4. The molecule has 0 aliphatic rings. The van der Waals surface area contributed by atoms with Crippen LogP contribution in [-0.2, 0) is 0 Å². The van der Waals surface area contributed by atoms with Crippen LogP contribution in [0.15, 0.2) is 46.6 Å². The smallest absolute Gasteiger partial charge is 0.145 e. The quantitative estimate of drug-likeness (QED) is 0.914. The van der Waals surface area contributed by atoms with E-state index < -0.39 is 0 Å². The summed E-state index contributed by atoms with van der Waals surface area (Å²) in [5.41, 5.74) is 0. The lowest BCUT2D eigenvalue weighted by molar-refractivity contribution is 1.03. The third-order valence-corrected chi connectivity index (χ3v) is 3.44. The van der Waals surface area contributed by atoms with Gasteiger partial charge in [-0.1, -0.05) is 35.5 Å². The Hall–Kier alpha value is -1.26. The molecule has 0 saturated carbocycles. The number of nitrogens with one attached hydrogen (secondary N) is 1. The molecule has 3 nitrogen and oxygen atoms in total. The van der Waals surface area contributed by atoms with Gasteiger partial charge in [0.1, 0.15) is 10.8 Å². The molecule has 0 fully saturated rings. The van der Waals surface area contributed by atoms with Gasteiger partial charge in [0.2, 0.25) is 0 Å². The summed E-state index contributed by atoms with van der Waals surface area (Å²) in [6.07, 6.45) is 3.44. The van der Waals surface area contributed by atoms with Crippen LogP contribution in [0.3, 0.4) is 0 Å². The number of hydrogen-bond acceptors (Lipinski definition) is 4. The van der Waals surface area contributed by atoms with Crippen molar-refractivity contribution in [3.05, 3.63) is 41.7 Å². The lowest BCUT2D eigenvalue weighted by atomic mass is 10.4. The van der Waals surface area contributed by atoms with E-state index in [1.54, 1.807) is 12.4 Å². The van der Waals surface area contributed by atoms with Crippen molar-refractivity contribution in [2.75, 3.05) is 11.9 Å². The fourth-order valence-corrected chi connectivity index (χ4v) is 2.35. The number of hydrogen-bond donors (Lipinski definition) is 1. The SMILES string of the molecule is CCNc1cncc(Sc2ccccc2Cl)n1. The summed E-state index contributed by atoms with van der Waals surface area (Å²) >= 11 is 7.60. The molecule has 0 radical (unpaired) electrons. The van der Waals surface area contributed by atoms with Crippen LogP contribution < -0.4 is 5.32 Å². The molecule has 0 atom stereocenters. The summed E-state index contributed by atoms with van der Waals surface area (Å²) in [6, 6.07) is 7.70. The molecule has 5 heteroatoms. The maximum Gasteiger partial charge on any atom is 0.145 e. The molecule has 1 aromatic carbocycles. The standard InChI is InChI=1S/C12H12ClN3S/c1-2-15-11-7-14-8-12(16-11)17-10-6-4-3-5-9(10)13/h3-8H,2H2,1H3,(H,15,16). The van der Waals surface area contributed by atoms with E-state index in [2.05, 4.69) is 15.3 Å². The topological polar surface area (TPSA) is 37.8 Å². The van der Waals surface area contributed by atoms with Crippen LogP contribution in [0.2, 0.25) is 5.02 Å². The average Bonchev–Trinajstić information content (AvgIpc) is 2.33. The van der Waals surface area contributed by atoms with Crippen molar-refractivity contribution in [3.8, 4) is 0 Å². The molecule has 0 amide bonds. The van der Waals surface area contributed by atoms with E-state index in [0.29, 0.717) is 0 Å². The number of anilines is 1. The maximum absolute atomic E-state index is 6.09. The number of aromatic nitrogens is 2. The third kappa shape index (κ3) is 3.35. The van der Waals surface area contributed by atoms with Gasteiger partial charge in [0, 0.05) is 11.4 Å². The number of halogens is 1. The van der Waals surface area contributed by atoms with Crippen molar-refractivity contribution < 1.29 is 0 Å². The highest BCUT2D eigenvalue weighted by Crippen LogP contribution is 2.31. The first-order valence-electron chi connectivity index (χ1n) is 5.28. The minimum atomic E-state index is 0.730. The van der Waals surface area contributed by atoms with Crippen LogP contribution in [0.1, 0.15) is 6.92 Å². The van der Waals surface area contributed by atoms with E-state index in [0.717, 1.165) is 27.3 Å².